The molecule has 1 fully saturated rings. The molecule has 1 saturated heterocycles. The molecule has 1 N–H and O–H groups in total. The SMILES string of the molecule is COc1ccc(CCN2C(=S)N(Cc3ccccc3)C(=O)C2CC(=O)Nc2ccc(Br)cc2)cc1OC. The Bertz CT molecular complexity index is 1270. The van der Waals surface area contributed by atoms with Gasteiger partial charge in [-0.05, 0) is 66.2 Å². The standard InChI is InChI=1S/C28H28BrN3O4S/c1-35-24-13-8-19(16-25(24)36-2)14-15-31-23(17-26(33)30-22-11-9-21(29)10-12-22)27(34)32(28(31)37)18-20-6-4-3-5-7-20/h3-13,16,23H,14-15,17-18H2,1-2H3,(H,30,33). The van der Waals surface area contributed by atoms with Crippen molar-refractivity contribution >= 4 is 50.8 Å². The quantitative estimate of drug-likeness (QED) is 0.338. The van der Waals surface area contributed by atoms with Crippen molar-refractivity contribution in [2.24, 2.45) is 0 Å². The fourth-order valence-electron chi connectivity index (χ4n) is 4.26. The van der Waals surface area contributed by atoms with Gasteiger partial charge >= 0.3 is 0 Å². The van der Waals surface area contributed by atoms with Crippen molar-refractivity contribution < 1.29 is 19.1 Å². The van der Waals surface area contributed by atoms with E-state index in [1.165, 1.54) is 0 Å². The number of nitrogens with one attached hydrogen (secondary N) is 1. The summed E-state index contributed by atoms with van der Waals surface area (Å²) in [5.74, 6) is 0.860. The number of halogens is 1. The molecule has 1 heterocycles. The van der Waals surface area contributed by atoms with Crippen molar-refractivity contribution in [1.82, 2.24) is 9.80 Å². The summed E-state index contributed by atoms with van der Waals surface area (Å²) in [6, 6.07) is 22.0. The number of nitrogens with zero attached hydrogens (tertiary/aromatic N) is 2. The fourth-order valence-corrected chi connectivity index (χ4v) is 4.90. The molecule has 1 aliphatic rings. The molecule has 1 atom stereocenters. The predicted molar refractivity (Wildman–Crippen MR) is 151 cm³/mol. The summed E-state index contributed by atoms with van der Waals surface area (Å²) in [6.45, 7) is 0.831. The Morgan fingerprint density at radius 2 is 1.68 bits per heavy atom. The van der Waals surface area contributed by atoms with Crippen LogP contribution in [-0.2, 0) is 22.6 Å². The van der Waals surface area contributed by atoms with Crippen molar-refractivity contribution in [3.8, 4) is 11.5 Å². The lowest BCUT2D eigenvalue weighted by Crippen LogP contribution is -2.39. The third-order valence-corrected chi connectivity index (χ3v) is 7.17. The molecule has 4 rings (SSSR count). The van der Waals surface area contributed by atoms with Crippen LogP contribution >= 0.6 is 28.1 Å². The van der Waals surface area contributed by atoms with Crippen LogP contribution in [0, 0.1) is 0 Å². The van der Waals surface area contributed by atoms with E-state index in [9.17, 15) is 9.59 Å². The Morgan fingerprint density at radius 3 is 2.35 bits per heavy atom. The Morgan fingerprint density at radius 1 is 0.973 bits per heavy atom. The van der Waals surface area contributed by atoms with Crippen LogP contribution in [0.2, 0.25) is 0 Å². The first-order valence-electron chi connectivity index (χ1n) is 11.8. The van der Waals surface area contributed by atoms with Gasteiger partial charge < -0.3 is 19.7 Å². The monoisotopic (exact) mass is 581 g/mol. The molecule has 3 aromatic carbocycles. The maximum atomic E-state index is 13.5. The van der Waals surface area contributed by atoms with Gasteiger partial charge in [0.15, 0.2) is 16.6 Å². The first-order chi connectivity index (χ1) is 17.9. The molecule has 7 nitrogen and oxygen atoms in total. The third kappa shape index (κ3) is 6.47. The molecular formula is C28H28BrN3O4S. The van der Waals surface area contributed by atoms with Crippen LogP contribution in [0.1, 0.15) is 17.5 Å². The van der Waals surface area contributed by atoms with E-state index < -0.39 is 6.04 Å². The van der Waals surface area contributed by atoms with Crippen molar-refractivity contribution in [3.63, 3.8) is 0 Å². The Kier molecular flexibility index (Phi) is 8.78. The van der Waals surface area contributed by atoms with Crippen LogP contribution in [-0.4, -0.2) is 53.5 Å². The van der Waals surface area contributed by atoms with E-state index >= 15 is 0 Å². The summed E-state index contributed by atoms with van der Waals surface area (Å²) in [4.78, 5) is 29.9. The summed E-state index contributed by atoms with van der Waals surface area (Å²) < 4.78 is 11.7. The van der Waals surface area contributed by atoms with Gasteiger partial charge in [0.25, 0.3) is 5.91 Å². The van der Waals surface area contributed by atoms with E-state index in [-0.39, 0.29) is 18.2 Å². The number of benzene rings is 3. The number of anilines is 1. The number of thiocarbonyl (C=S) groups is 1. The molecular weight excluding hydrogens is 554 g/mol. The number of ether oxygens (including phenoxy) is 2. The summed E-state index contributed by atoms with van der Waals surface area (Å²) in [5.41, 5.74) is 2.64. The maximum Gasteiger partial charge on any atom is 0.252 e. The zero-order valence-electron chi connectivity index (χ0n) is 20.6. The topological polar surface area (TPSA) is 71.1 Å². The van der Waals surface area contributed by atoms with Crippen molar-refractivity contribution in [2.75, 3.05) is 26.1 Å². The Balaban J connectivity index is 1.52. The lowest BCUT2D eigenvalue weighted by molar-refractivity contribution is -0.131. The van der Waals surface area contributed by atoms with E-state index in [0.29, 0.717) is 41.8 Å². The predicted octanol–water partition coefficient (Wildman–Crippen LogP) is 5.04. The van der Waals surface area contributed by atoms with Gasteiger partial charge in [-0.25, -0.2) is 0 Å². The molecule has 1 unspecified atom stereocenters. The van der Waals surface area contributed by atoms with Crippen LogP contribution < -0.4 is 14.8 Å². The number of carbonyl (C=O) groups is 2. The highest BCUT2D eigenvalue weighted by molar-refractivity contribution is 9.10. The van der Waals surface area contributed by atoms with Gasteiger partial charge in [-0.15, -0.1) is 0 Å². The molecule has 0 spiro atoms. The Labute approximate surface area is 230 Å². The molecule has 0 aromatic heterocycles. The lowest BCUT2D eigenvalue weighted by atomic mass is 10.1. The number of amides is 2. The second-order valence-electron chi connectivity index (χ2n) is 8.60. The average Bonchev–Trinajstić information content (AvgIpc) is 3.12. The second kappa shape index (κ2) is 12.2. The fraction of sp³-hybridized carbons (Fsp3) is 0.250. The van der Waals surface area contributed by atoms with E-state index in [4.69, 9.17) is 21.7 Å². The first kappa shape index (κ1) is 26.6. The first-order valence-corrected chi connectivity index (χ1v) is 13.0. The number of rotatable bonds is 10. The Hall–Kier alpha value is -3.43. The number of carbonyl (C=O) groups excluding carboxylic acids is 2. The van der Waals surface area contributed by atoms with Gasteiger partial charge in [-0.3, -0.25) is 14.5 Å². The van der Waals surface area contributed by atoms with Crippen molar-refractivity contribution in [3.05, 3.63) is 88.4 Å². The average molecular weight is 583 g/mol. The van der Waals surface area contributed by atoms with Crippen molar-refractivity contribution in [1.29, 1.82) is 0 Å². The van der Waals surface area contributed by atoms with Gasteiger partial charge in [-0.1, -0.05) is 52.3 Å². The molecule has 9 heteroatoms. The molecule has 0 radical (unpaired) electrons. The number of methoxy groups -OCH3 is 2. The van der Waals surface area contributed by atoms with Gasteiger partial charge in [-0.2, -0.15) is 0 Å². The zero-order chi connectivity index (χ0) is 26.4. The van der Waals surface area contributed by atoms with Crippen LogP contribution in [0.25, 0.3) is 0 Å². The largest absolute Gasteiger partial charge is 0.493 e. The minimum atomic E-state index is -0.688. The van der Waals surface area contributed by atoms with E-state index in [2.05, 4.69) is 21.2 Å². The van der Waals surface area contributed by atoms with Crippen LogP contribution in [0.5, 0.6) is 11.5 Å². The van der Waals surface area contributed by atoms with Crippen LogP contribution in [0.4, 0.5) is 5.69 Å². The molecule has 3 aromatic rings. The number of hydrogen-bond acceptors (Lipinski definition) is 5. The zero-order valence-corrected chi connectivity index (χ0v) is 23.1. The highest BCUT2D eigenvalue weighted by Gasteiger charge is 2.43. The normalized spacial score (nSPS) is 15.2. The van der Waals surface area contributed by atoms with Gasteiger partial charge in [0.2, 0.25) is 5.91 Å². The minimum absolute atomic E-state index is 0.00768. The highest BCUT2D eigenvalue weighted by Crippen LogP contribution is 2.29. The molecule has 37 heavy (non-hydrogen) atoms. The molecule has 0 aliphatic carbocycles. The minimum Gasteiger partial charge on any atom is -0.493 e. The van der Waals surface area contributed by atoms with Crippen LogP contribution in [0.3, 0.4) is 0 Å². The maximum absolute atomic E-state index is 13.5. The third-order valence-electron chi connectivity index (χ3n) is 6.18. The summed E-state index contributed by atoms with van der Waals surface area (Å²) >= 11 is 9.16. The lowest BCUT2D eigenvalue weighted by Gasteiger charge is -2.24. The molecule has 2 amide bonds. The van der Waals surface area contributed by atoms with Gasteiger partial charge in [0.05, 0.1) is 27.2 Å². The highest BCUT2D eigenvalue weighted by atomic mass is 79.9. The smallest absolute Gasteiger partial charge is 0.252 e. The van der Waals surface area contributed by atoms with Crippen LogP contribution in [0.15, 0.2) is 77.3 Å². The van der Waals surface area contributed by atoms with E-state index in [0.717, 1.165) is 15.6 Å². The summed E-state index contributed by atoms with van der Waals surface area (Å²) in [6.07, 6.45) is 0.601. The molecule has 192 valence electrons. The van der Waals surface area contributed by atoms with E-state index in [1.807, 2.05) is 65.6 Å². The summed E-state index contributed by atoms with van der Waals surface area (Å²) in [7, 11) is 3.19. The number of hydrogen-bond donors (Lipinski definition) is 1. The van der Waals surface area contributed by atoms with Gasteiger partial charge in [0.1, 0.15) is 6.04 Å². The molecule has 0 bridgehead atoms. The molecule has 0 saturated carbocycles. The second-order valence-corrected chi connectivity index (χ2v) is 9.88. The summed E-state index contributed by atoms with van der Waals surface area (Å²) in [5, 5.41) is 3.31. The van der Waals surface area contributed by atoms with Crippen molar-refractivity contribution in [2.45, 2.75) is 25.4 Å². The van der Waals surface area contributed by atoms with Gasteiger partial charge in [0, 0.05) is 16.7 Å². The van der Waals surface area contributed by atoms with E-state index in [1.54, 1.807) is 31.3 Å². The molecule has 1 aliphatic heterocycles.